The van der Waals surface area contributed by atoms with Crippen molar-refractivity contribution < 1.29 is 8.83 Å². The van der Waals surface area contributed by atoms with Crippen molar-refractivity contribution in [3.05, 3.63) is 157 Å². The van der Waals surface area contributed by atoms with Gasteiger partial charge in [-0.2, -0.15) is 0 Å². The molecule has 0 radical (unpaired) electrons. The van der Waals surface area contributed by atoms with Crippen molar-refractivity contribution in [3.63, 3.8) is 0 Å². The number of benzene rings is 8. The second kappa shape index (κ2) is 9.49. The Morgan fingerprint density at radius 1 is 0.408 bits per heavy atom. The average molecular weight is 627 g/mol. The molecule has 0 bridgehead atoms. The molecule has 0 amide bonds. The first kappa shape index (κ1) is 26.9. The van der Waals surface area contributed by atoms with Crippen LogP contribution in [0, 0.1) is 0 Å². The number of furan rings is 2. The quantitative estimate of drug-likeness (QED) is 0.191. The molecule has 0 fully saturated rings. The van der Waals surface area contributed by atoms with Crippen LogP contribution in [0.1, 0.15) is 25.0 Å². The highest BCUT2D eigenvalue weighted by Crippen LogP contribution is 2.56. The third-order valence-electron chi connectivity index (χ3n) is 11.0. The fourth-order valence-corrected chi connectivity index (χ4v) is 8.74. The number of hydrogen-bond acceptors (Lipinski definition) is 2. The molecule has 49 heavy (non-hydrogen) atoms. The maximum absolute atomic E-state index is 6.54. The Morgan fingerprint density at radius 3 is 2.00 bits per heavy atom. The number of rotatable bonds is 2. The van der Waals surface area contributed by atoms with E-state index in [9.17, 15) is 0 Å². The maximum Gasteiger partial charge on any atom is 0.136 e. The normalized spacial score (nSPS) is 13.7. The Hall–Kier alpha value is -6.12. The molecule has 2 aromatic heterocycles. The van der Waals surface area contributed by atoms with Crippen LogP contribution in [0.5, 0.6) is 0 Å². The van der Waals surface area contributed by atoms with E-state index in [1.54, 1.807) is 0 Å². The lowest BCUT2D eigenvalue weighted by atomic mass is 9.79. The van der Waals surface area contributed by atoms with Crippen LogP contribution in [0.4, 0.5) is 0 Å². The Kier molecular flexibility index (Phi) is 5.21. The van der Waals surface area contributed by atoms with Gasteiger partial charge < -0.3 is 8.83 Å². The fourth-order valence-electron chi connectivity index (χ4n) is 8.74. The average Bonchev–Trinajstić information content (AvgIpc) is 3.77. The van der Waals surface area contributed by atoms with Gasteiger partial charge in [0, 0.05) is 27.0 Å². The van der Waals surface area contributed by atoms with Crippen molar-refractivity contribution >= 4 is 65.4 Å². The zero-order chi connectivity index (χ0) is 32.4. The maximum atomic E-state index is 6.54. The first-order valence-electron chi connectivity index (χ1n) is 17.0. The molecule has 0 saturated carbocycles. The topological polar surface area (TPSA) is 26.3 Å². The van der Waals surface area contributed by atoms with Crippen molar-refractivity contribution in [2.75, 3.05) is 0 Å². The Morgan fingerprint density at radius 2 is 1.12 bits per heavy atom. The first-order valence-corrected chi connectivity index (χ1v) is 17.0. The molecule has 0 spiro atoms. The van der Waals surface area contributed by atoms with E-state index in [4.69, 9.17) is 8.83 Å². The molecule has 0 N–H and O–H groups in total. The lowest BCUT2D eigenvalue weighted by Crippen LogP contribution is -2.15. The number of para-hydroxylation sites is 1. The number of hydrogen-bond donors (Lipinski definition) is 0. The molecule has 2 heteroatoms. The van der Waals surface area contributed by atoms with Crippen molar-refractivity contribution in [2.45, 2.75) is 19.3 Å². The summed E-state index contributed by atoms with van der Waals surface area (Å²) < 4.78 is 12.8. The monoisotopic (exact) mass is 626 g/mol. The highest BCUT2D eigenvalue weighted by atomic mass is 16.3. The van der Waals surface area contributed by atoms with Gasteiger partial charge >= 0.3 is 0 Å². The second-order valence-electron chi connectivity index (χ2n) is 14.1. The molecule has 0 unspecified atom stereocenters. The summed E-state index contributed by atoms with van der Waals surface area (Å²) in [4.78, 5) is 0. The predicted molar refractivity (Wildman–Crippen MR) is 204 cm³/mol. The summed E-state index contributed by atoms with van der Waals surface area (Å²) in [5.74, 6) is 0. The summed E-state index contributed by atoms with van der Waals surface area (Å²) in [6.45, 7) is 4.79. The van der Waals surface area contributed by atoms with Crippen LogP contribution >= 0.6 is 0 Å². The fraction of sp³-hybridized carbons (Fsp3) is 0.0638. The molecule has 8 aromatic carbocycles. The molecule has 11 rings (SSSR count). The van der Waals surface area contributed by atoms with Crippen molar-refractivity contribution in [3.8, 4) is 33.4 Å². The van der Waals surface area contributed by atoms with Crippen LogP contribution in [-0.4, -0.2) is 0 Å². The van der Waals surface area contributed by atoms with Crippen LogP contribution in [0.15, 0.2) is 154 Å². The summed E-state index contributed by atoms with van der Waals surface area (Å²) in [7, 11) is 0. The molecule has 0 aliphatic heterocycles. The van der Waals surface area contributed by atoms with Crippen molar-refractivity contribution in [2.24, 2.45) is 0 Å². The summed E-state index contributed by atoms with van der Waals surface area (Å²) in [6, 6.07) is 52.8. The van der Waals surface area contributed by atoms with Gasteiger partial charge in [0.15, 0.2) is 0 Å². The van der Waals surface area contributed by atoms with Crippen LogP contribution in [0.25, 0.3) is 98.8 Å². The van der Waals surface area contributed by atoms with E-state index >= 15 is 0 Å². The Bertz CT molecular complexity index is 3020. The molecular formula is C47H30O2. The minimum atomic E-state index is -0.217. The smallest absolute Gasteiger partial charge is 0.136 e. The summed E-state index contributed by atoms with van der Waals surface area (Å²) in [5, 5.41) is 9.57. The van der Waals surface area contributed by atoms with Gasteiger partial charge in [-0.1, -0.05) is 111 Å². The second-order valence-corrected chi connectivity index (χ2v) is 14.1. The molecule has 0 saturated heterocycles. The van der Waals surface area contributed by atoms with Gasteiger partial charge in [-0.05, 0) is 115 Å². The highest BCUT2D eigenvalue weighted by molar-refractivity contribution is 6.16. The van der Waals surface area contributed by atoms with E-state index in [0.29, 0.717) is 0 Å². The third-order valence-corrected chi connectivity index (χ3v) is 11.0. The van der Waals surface area contributed by atoms with Gasteiger partial charge in [0.1, 0.15) is 22.3 Å². The molecule has 2 nitrogen and oxygen atoms in total. The van der Waals surface area contributed by atoms with E-state index < -0.39 is 0 Å². The van der Waals surface area contributed by atoms with E-state index in [1.807, 2.05) is 6.07 Å². The first-order chi connectivity index (χ1) is 24.0. The molecule has 10 aromatic rings. The molecule has 0 atom stereocenters. The standard InChI is InChI=1S/C47H30O2/c1-47(2)39-25-31(32-15-9-17-42-45(32)38-22-28-11-3-4-12-29(28)26-43(38)49-42)24-36(44(39)35-20-18-27-10-5-6-13-33(27)46(35)47)30-19-21-41-37(23-30)34-14-7-8-16-40(34)48-41/h3-26H,1-2H3. The molecular weight excluding hydrogens is 597 g/mol. The lowest BCUT2D eigenvalue weighted by molar-refractivity contribution is 0.666. The van der Waals surface area contributed by atoms with Crippen molar-refractivity contribution in [1.29, 1.82) is 0 Å². The number of fused-ring (bicyclic) bond motifs is 12. The lowest BCUT2D eigenvalue weighted by Gasteiger charge is -2.24. The predicted octanol–water partition coefficient (Wildman–Crippen LogP) is 13.4. The highest BCUT2D eigenvalue weighted by Gasteiger charge is 2.39. The van der Waals surface area contributed by atoms with E-state index in [1.165, 1.54) is 66.1 Å². The van der Waals surface area contributed by atoms with E-state index in [2.05, 4.69) is 153 Å². The van der Waals surface area contributed by atoms with Crippen LogP contribution in [0.2, 0.25) is 0 Å². The minimum Gasteiger partial charge on any atom is -0.456 e. The SMILES string of the molecule is CC1(C)c2cc(-c3cccc4oc5cc6ccccc6cc5c34)cc(-c3ccc4oc5ccccc5c4c3)c2-c2ccc3ccccc3c21. The zero-order valence-corrected chi connectivity index (χ0v) is 27.2. The summed E-state index contributed by atoms with van der Waals surface area (Å²) >= 11 is 0. The molecule has 1 aliphatic carbocycles. The van der Waals surface area contributed by atoms with Gasteiger partial charge in [-0.3, -0.25) is 0 Å². The van der Waals surface area contributed by atoms with Crippen LogP contribution in [0.3, 0.4) is 0 Å². The van der Waals surface area contributed by atoms with E-state index in [-0.39, 0.29) is 5.41 Å². The van der Waals surface area contributed by atoms with E-state index in [0.717, 1.165) is 43.9 Å². The van der Waals surface area contributed by atoms with Crippen LogP contribution in [-0.2, 0) is 5.41 Å². The Labute approximate surface area is 282 Å². The zero-order valence-electron chi connectivity index (χ0n) is 27.2. The van der Waals surface area contributed by atoms with Gasteiger partial charge in [0.25, 0.3) is 0 Å². The van der Waals surface area contributed by atoms with Crippen LogP contribution < -0.4 is 0 Å². The van der Waals surface area contributed by atoms with Crippen molar-refractivity contribution in [1.82, 2.24) is 0 Å². The van der Waals surface area contributed by atoms with Gasteiger partial charge in [0.2, 0.25) is 0 Å². The summed E-state index contributed by atoms with van der Waals surface area (Å²) in [6.07, 6.45) is 0. The van der Waals surface area contributed by atoms with Gasteiger partial charge in [0.05, 0.1) is 0 Å². The largest absolute Gasteiger partial charge is 0.456 e. The third kappa shape index (κ3) is 3.66. The molecule has 230 valence electrons. The summed E-state index contributed by atoms with van der Waals surface area (Å²) in [5.41, 5.74) is 13.6. The van der Waals surface area contributed by atoms with Gasteiger partial charge in [-0.15, -0.1) is 0 Å². The molecule has 1 aliphatic rings. The Balaban J connectivity index is 1.25. The minimum absolute atomic E-state index is 0.217. The molecule has 2 heterocycles. The van der Waals surface area contributed by atoms with Gasteiger partial charge in [-0.25, -0.2) is 0 Å².